The maximum absolute atomic E-state index is 12.8. The molecule has 1 unspecified atom stereocenters. The highest BCUT2D eigenvalue weighted by molar-refractivity contribution is 7.90. The van der Waals surface area contributed by atoms with Crippen molar-refractivity contribution in [3.05, 3.63) is 28.8 Å². The zero-order valence-electron chi connectivity index (χ0n) is 15.6. The van der Waals surface area contributed by atoms with Gasteiger partial charge < -0.3 is 4.74 Å². The SMILES string of the molecule is CC(C)C(=O)C(C(=O)OC(C)(C)C)C(=O)c1ccc(S(C)(=O)=O)cc1Cl. The molecule has 1 aromatic rings. The summed E-state index contributed by atoms with van der Waals surface area (Å²) in [5.41, 5.74) is -0.986. The first-order chi connectivity index (χ1) is 11.6. The predicted octanol–water partition coefficient (Wildman–Crippen LogP) is 3.11. The number of Topliss-reactive ketones (excluding diaryl/α,β-unsaturated/α-hetero) is 2. The highest BCUT2D eigenvalue weighted by atomic mass is 35.5. The summed E-state index contributed by atoms with van der Waals surface area (Å²) in [5.74, 6) is -4.60. The van der Waals surface area contributed by atoms with Crippen molar-refractivity contribution in [1.82, 2.24) is 0 Å². The molecule has 0 aromatic heterocycles. The van der Waals surface area contributed by atoms with Crippen molar-refractivity contribution >= 4 is 39.0 Å². The van der Waals surface area contributed by atoms with Crippen LogP contribution in [0.5, 0.6) is 0 Å². The Balaban J connectivity index is 3.37. The van der Waals surface area contributed by atoms with Crippen LogP contribution in [0.4, 0.5) is 0 Å². The number of hydrogen-bond acceptors (Lipinski definition) is 6. The van der Waals surface area contributed by atoms with Gasteiger partial charge in [0.15, 0.2) is 27.3 Å². The Bertz CT molecular complexity index is 834. The minimum Gasteiger partial charge on any atom is -0.459 e. The summed E-state index contributed by atoms with van der Waals surface area (Å²) in [6.45, 7) is 8.02. The summed E-state index contributed by atoms with van der Waals surface area (Å²) in [6, 6.07) is 3.53. The van der Waals surface area contributed by atoms with Crippen molar-refractivity contribution in [2.45, 2.75) is 45.1 Å². The Hall–Kier alpha value is -1.73. The molecule has 0 bridgehead atoms. The van der Waals surface area contributed by atoms with Gasteiger partial charge in [-0.1, -0.05) is 25.4 Å². The standard InChI is InChI=1S/C18H23ClO6S/c1-10(2)15(20)14(17(22)25-18(3,4)5)16(21)12-8-7-11(9-13(12)19)26(6,23)24/h7-10,14H,1-6H3. The predicted molar refractivity (Wildman–Crippen MR) is 98.1 cm³/mol. The number of ketones is 2. The Morgan fingerprint density at radius 2 is 1.65 bits per heavy atom. The first-order valence-corrected chi connectivity index (χ1v) is 10.2. The van der Waals surface area contributed by atoms with Gasteiger partial charge in [-0.2, -0.15) is 0 Å². The molecule has 1 aromatic carbocycles. The minimum atomic E-state index is -3.51. The molecule has 0 aliphatic heterocycles. The highest BCUT2D eigenvalue weighted by Gasteiger charge is 2.39. The number of carbonyl (C=O) groups excluding carboxylic acids is 3. The monoisotopic (exact) mass is 402 g/mol. The number of sulfone groups is 1. The third-order valence-electron chi connectivity index (χ3n) is 3.39. The van der Waals surface area contributed by atoms with Crippen LogP contribution in [-0.4, -0.2) is 37.8 Å². The van der Waals surface area contributed by atoms with Crippen molar-refractivity contribution in [1.29, 1.82) is 0 Å². The van der Waals surface area contributed by atoms with Crippen LogP contribution in [0.15, 0.2) is 23.1 Å². The van der Waals surface area contributed by atoms with E-state index < -0.39 is 44.8 Å². The number of rotatable bonds is 6. The lowest BCUT2D eigenvalue weighted by Crippen LogP contribution is -2.39. The minimum absolute atomic E-state index is 0.0666. The molecular weight excluding hydrogens is 380 g/mol. The van der Waals surface area contributed by atoms with Crippen LogP contribution in [-0.2, 0) is 24.2 Å². The summed E-state index contributed by atoms with van der Waals surface area (Å²) in [4.78, 5) is 37.7. The lowest BCUT2D eigenvalue weighted by atomic mass is 9.88. The van der Waals surface area contributed by atoms with Crippen LogP contribution in [0.2, 0.25) is 5.02 Å². The maximum atomic E-state index is 12.8. The van der Waals surface area contributed by atoms with E-state index in [2.05, 4.69) is 0 Å². The van der Waals surface area contributed by atoms with Gasteiger partial charge in [0, 0.05) is 17.7 Å². The zero-order valence-corrected chi connectivity index (χ0v) is 17.2. The van der Waals surface area contributed by atoms with Crippen molar-refractivity contribution in [3.63, 3.8) is 0 Å². The van der Waals surface area contributed by atoms with Gasteiger partial charge >= 0.3 is 5.97 Å². The van der Waals surface area contributed by atoms with Crippen LogP contribution in [0.25, 0.3) is 0 Å². The lowest BCUT2D eigenvalue weighted by Gasteiger charge is -2.24. The second-order valence-corrected chi connectivity index (χ2v) is 9.72. The number of esters is 1. The van der Waals surface area contributed by atoms with E-state index in [1.54, 1.807) is 34.6 Å². The smallest absolute Gasteiger partial charge is 0.325 e. The Morgan fingerprint density at radius 1 is 1.12 bits per heavy atom. The Morgan fingerprint density at radius 3 is 2.04 bits per heavy atom. The molecule has 144 valence electrons. The number of halogens is 1. The van der Waals surface area contributed by atoms with Crippen molar-refractivity contribution in [2.24, 2.45) is 11.8 Å². The molecular formula is C18H23ClO6S. The fourth-order valence-corrected chi connectivity index (χ4v) is 3.11. The first kappa shape index (κ1) is 22.3. The summed E-state index contributed by atoms with van der Waals surface area (Å²) in [6.07, 6.45) is 1.01. The Kier molecular flexibility index (Phi) is 6.76. The third kappa shape index (κ3) is 5.64. The quantitative estimate of drug-likeness (QED) is 0.412. The number of carbonyl (C=O) groups is 3. The zero-order chi connectivity index (χ0) is 20.4. The average Bonchev–Trinajstić information content (AvgIpc) is 2.43. The second-order valence-electron chi connectivity index (χ2n) is 7.30. The van der Waals surface area contributed by atoms with Crippen molar-refractivity contribution in [3.8, 4) is 0 Å². The molecule has 0 heterocycles. The largest absolute Gasteiger partial charge is 0.459 e. The molecule has 0 fully saturated rings. The molecule has 1 rings (SSSR count). The van der Waals surface area contributed by atoms with Crippen LogP contribution >= 0.6 is 11.6 Å². The molecule has 8 heteroatoms. The topological polar surface area (TPSA) is 94.6 Å². The van der Waals surface area contributed by atoms with Crippen LogP contribution in [0, 0.1) is 11.8 Å². The molecule has 0 aliphatic rings. The van der Waals surface area contributed by atoms with Crippen molar-refractivity contribution in [2.75, 3.05) is 6.26 Å². The molecule has 0 saturated carbocycles. The summed E-state index contributed by atoms with van der Waals surface area (Å²) >= 11 is 6.05. The van der Waals surface area contributed by atoms with Crippen LogP contribution in [0.1, 0.15) is 45.0 Å². The molecule has 6 nitrogen and oxygen atoms in total. The Labute approximate surface area is 158 Å². The summed E-state index contributed by atoms with van der Waals surface area (Å²) in [7, 11) is -3.51. The van der Waals surface area contributed by atoms with Gasteiger partial charge in [-0.05, 0) is 39.0 Å². The number of benzene rings is 1. The molecule has 0 amide bonds. The molecule has 0 aliphatic carbocycles. The molecule has 0 spiro atoms. The summed E-state index contributed by atoms with van der Waals surface area (Å²) < 4.78 is 28.4. The van der Waals surface area contributed by atoms with Gasteiger partial charge in [-0.15, -0.1) is 0 Å². The molecule has 1 atom stereocenters. The van der Waals surface area contributed by atoms with E-state index >= 15 is 0 Å². The van der Waals surface area contributed by atoms with E-state index in [4.69, 9.17) is 16.3 Å². The fraction of sp³-hybridized carbons (Fsp3) is 0.500. The first-order valence-electron chi connectivity index (χ1n) is 7.95. The molecule has 26 heavy (non-hydrogen) atoms. The van der Waals surface area contributed by atoms with E-state index in [-0.39, 0.29) is 15.5 Å². The van der Waals surface area contributed by atoms with Gasteiger partial charge in [0.2, 0.25) is 0 Å². The van der Waals surface area contributed by atoms with E-state index in [0.29, 0.717) is 0 Å². The lowest BCUT2D eigenvalue weighted by molar-refractivity contribution is -0.160. The molecule has 0 N–H and O–H groups in total. The van der Waals surface area contributed by atoms with Crippen molar-refractivity contribution < 1.29 is 27.5 Å². The molecule has 0 saturated heterocycles. The van der Waals surface area contributed by atoms with E-state index in [1.807, 2.05) is 0 Å². The fourth-order valence-electron chi connectivity index (χ4n) is 2.13. The summed E-state index contributed by atoms with van der Waals surface area (Å²) in [5, 5.41) is -0.150. The average molecular weight is 403 g/mol. The third-order valence-corrected chi connectivity index (χ3v) is 4.82. The molecule has 0 radical (unpaired) electrons. The second kappa shape index (κ2) is 7.88. The number of ether oxygens (including phenoxy) is 1. The van der Waals surface area contributed by atoms with E-state index in [9.17, 15) is 22.8 Å². The van der Waals surface area contributed by atoms with E-state index in [0.717, 1.165) is 12.3 Å². The normalized spacial score (nSPS) is 13.4. The van der Waals surface area contributed by atoms with Gasteiger partial charge in [0.25, 0.3) is 0 Å². The number of hydrogen-bond donors (Lipinski definition) is 0. The van der Waals surface area contributed by atoms with Gasteiger partial charge in [0.1, 0.15) is 5.60 Å². The highest BCUT2D eigenvalue weighted by Crippen LogP contribution is 2.26. The van der Waals surface area contributed by atoms with Crippen LogP contribution < -0.4 is 0 Å². The van der Waals surface area contributed by atoms with E-state index in [1.165, 1.54) is 12.1 Å². The van der Waals surface area contributed by atoms with Gasteiger partial charge in [-0.3, -0.25) is 14.4 Å². The van der Waals surface area contributed by atoms with Crippen LogP contribution in [0.3, 0.4) is 0 Å². The maximum Gasteiger partial charge on any atom is 0.325 e. The van der Waals surface area contributed by atoms with Gasteiger partial charge in [0.05, 0.1) is 9.92 Å². The van der Waals surface area contributed by atoms with Gasteiger partial charge in [-0.25, -0.2) is 8.42 Å².